The van der Waals surface area contributed by atoms with Crippen molar-refractivity contribution < 1.29 is 9.90 Å². The van der Waals surface area contributed by atoms with Gasteiger partial charge in [0.15, 0.2) is 0 Å². The molecule has 2 aromatic rings. The van der Waals surface area contributed by atoms with Crippen LogP contribution in [-0.2, 0) is 13.1 Å². The molecule has 0 aromatic carbocycles. The summed E-state index contributed by atoms with van der Waals surface area (Å²) < 4.78 is 0. The van der Waals surface area contributed by atoms with Gasteiger partial charge in [-0.15, -0.1) is 11.3 Å². The molecular formula is C13H14N2O2S. The maximum absolute atomic E-state index is 10.8. The lowest BCUT2D eigenvalue weighted by molar-refractivity contribution is 0.0690. The highest BCUT2D eigenvalue weighted by atomic mass is 32.1. The van der Waals surface area contributed by atoms with Crippen molar-refractivity contribution in [2.75, 3.05) is 7.05 Å². The SMILES string of the molecule is CN(Cc1ccnc(C(=O)O)c1)Cc1cccs1. The molecule has 4 nitrogen and oxygen atoms in total. The Morgan fingerprint density at radius 1 is 1.44 bits per heavy atom. The zero-order valence-corrected chi connectivity index (χ0v) is 10.9. The van der Waals surface area contributed by atoms with Crippen molar-refractivity contribution in [1.29, 1.82) is 0 Å². The minimum absolute atomic E-state index is 0.0945. The third-order valence-electron chi connectivity index (χ3n) is 2.50. The average Bonchev–Trinajstić information content (AvgIpc) is 2.82. The maximum Gasteiger partial charge on any atom is 0.354 e. The van der Waals surface area contributed by atoms with Crippen LogP contribution in [0.15, 0.2) is 35.8 Å². The molecule has 0 saturated heterocycles. The first-order valence-electron chi connectivity index (χ1n) is 5.54. The first-order valence-corrected chi connectivity index (χ1v) is 6.42. The fourth-order valence-corrected chi connectivity index (χ4v) is 2.51. The summed E-state index contributed by atoms with van der Waals surface area (Å²) in [6.45, 7) is 1.57. The van der Waals surface area contributed by atoms with Crippen LogP contribution in [0.5, 0.6) is 0 Å². The van der Waals surface area contributed by atoms with E-state index in [9.17, 15) is 4.79 Å². The lowest BCUT2D eigenvalue weighted by Gasteiger charge is -2.15. The Balaban J connectivity index is 2.00. The van der Waals surface area contributed by atoms with Crippen LogP contribution in [-0.4, -0.2) is 28.0 Å². The molecule has 0 fully saturated rings. The van der Waals surface area contributed by atoms with Gasteiger partial charge < -0.3 is 5.11 Å². The van der Waals surface area contributed by atoms with Crippen LogP contribution in [0.2, 0.25) is 0 Å². The Labute approximate surface area is 110 Å². The molecule has 5 heteroatoms. The summed E-state index contributed by atoms with van der Waals surface area (Å²) in [6, 6.07) is 7.59. The highest BCUT2D eigenvalue weighted by molar-refractivity contribution is 7.09. The van der Waals surface area contributed by atoms with Crippen LogP contribution < -0.4 is 0 Å². The summed E-state index contributed by atoms with van der Waals surface area (Å²) in [5.41, 5.74) is 1.05. The van der Waals surface area contributed by atoms with E-state index in [1.165, 1.54) is 11.1 Å². The number of carboxylic acid groups (broad SMARTS) is 1. The normalized spacial score (nSPS) is 10.8. The first-order chi connectivity index (χ1) is 8.65. The predicted octanol–water partition coefficient (Wildman–Crippen LogP) is 2.47. The molecule has 0 spiro atoms. The molecule has 0 radical (unpaired) electrons. The van der Waals surface area contributed by atoms with Crippen LogP contribution in [0.4, 0.5) is 0 Å². The molecule has 1 N–H and O–H groups in total. The number of carboxylic acids is 1. The topological polar surface area (TPSA) is 53.4 Å². The Bertz CT molecular complexity index is 526. The summed E-state index contributed by atoms with van der Waals surface area (Å²) in [5.74, 6) is -0.988. The van der Waals surface area contributed by atoms with Gasteiger partial charge in [-0.25, -0.2) is 9.78 Å². The maximum atomic E-state index is 10.8. The summed E-state index contributed by atoms with van der Waals surface area (Å²) in [5, 5.41) is 10.9. The standard InChI is InChI=1S/C13H14N2O2S/c1-15(9-11-3-2-6-18-11)8-10-4-5-14-12(7-10)13(16)17/h2-7H,8-9H2,1H3,(H,16,17). The minimum atomic E-state index is -0.988. The second kappa shape index (κ2) is 5.75. The van der Waals surface area contributed by atoms with Gasteiger partial charge in [0, 0.05) is 24.2 Å². The molecule has 2 heterocycles. The number of pyridine rings is 1. The molecular weight excluding hydrogens is 248 g/mol. The van der Waals surface area contributed by atoms with Crippen LogP contribution in [0.1, 0.15) is 20.9 Å². The van der Waals surface area contributed by atoms with Crippen LogP contribution in [0.25, 0.3) is 0 Å². The first kappa shape index (κ1) is 12.7. The molecule has 0 saturated carbocycles. The predicted molar refractivity (Wildman–Crippen MR) is 70.7 cm³/mol. The Hall–Kier alpha value is -1.72. The average molecular weight is 262 g/mol. The van der Waals surface area contributed by atoms with Crippen molar-refractivity contribution >= 4 is 17.3 Å². The van der Waals surface area contributed by atoms with Gasteiger partial charge in [0.25, 0.3) is 0 Å². The molecule has 0 unspecified atom stereocenters. The Morgan fingerprint density at radius 3 is 2.94 bits per heavy atom. The summed E-state index contributed by atoms with van der Waals surface area (Å²) in [6.07, 6.45) is 1.54. The Kier molecular flexibility index (Phi) is 4.07. The van der Waals surface area contributed by atoms with E-state index in [2.05, 4.69) is 21.3 Å². The number of hydrogen-bond acceptors (Lipinski definition) is 4. The quantitative estimate of drug-likeness (QED) is 0.899. The number of rotatable bonds is 5. The molecule has 0 bridgehead atoms. The van der Waals surface area contributed by atoms with Gasteiger partial charge >= 0.3 is 5.97 Å². The molecule has 18 heavy (non-hydrogen) atoms. The van der Waals surface area contributed by atoms with E-state index in [0.29, 0.717) is 6.54 Å². The van der Waals surface area contributed by atoms with Gasteiger partial charge in [0.1, 0.15) is 5.69 Å². The van der Waals surface area contributed by atoms with Crippen molar-refractivity contribution in [3.05, 3.63) is 52.0 Å². The van der Waals surface area contributed by atoms with Gasteiger partial charge in [0.2, 0.25) is 0 Å². The number of carbonyl (C=O) groups is 1. The second-order valence-electron chi connectivity index (χ2n) is 4.11. The van der Waals surface area contributed by atoms with E-state index in [1.54, 1.807) is 17.4 Å². The number of thiophene rings is 1. The third kappa shape index (κ3) is 3.38. The monoisotopic (exact) mass is 262 g/mol. The fraction of sp³-hybridized carbons (Fsp3) is 0.231. The largest absolute Gasteiger partial charge is 0.477 e. The lowest BCUT2D eigenvalue weighted by atomic mass is 10.2. The van der Waals surface area contributed by atoms with Crippen LogP contribution in [0.3, 0.4) is 0 Å². The van der Waals surface area contributed by atoms with Crippen molar-refractivity contribution in [3.8, 4) is 0 Å². The van der Waals surface area contributed by atoms with Crippen molar-refractivity contribution in [3.63, 3.8) is 0 Å². The number of aromatic nitrogens is 1. The van der Waals surface area contributed by atoms with E-state index >= 15 is 0 Å². The summed E-state index contributed by atoms with van der Waals surface area (Å²) in [7, 11) is 2.01. The molecule has 2 aromatic heterocycles. The van der Waals surface area contributed by atoms with Gasteiger partial charge in [0.05, 0.1) is 0 Å². The molecule has 0 aliphatic heterocycles. The smallest absolute Gasteiger partial charge is 0.354 e. The lowest BCUT2D eigenvalue weighted by Crippen LogP contribution is -2.17. The van der Waals surface area contributed by atoms with E-state index < -0.39 is 5.97 Å². The van der Waals surface area contributed by atoms with Gasteiger partial charge in [-0.05, 0) is 36.2 Å². The van der Waals surface area contributed by atoms with Crippen LogP contribution >= 0.6 is 11.3 Å². The van der Waals surface area contributed by atoms with Gasteiger partial charge in [-0.3, -0.25) is 4.90 Å². The number of hydrogen-bond donors (Lipinski definition) is 1. The molecule has 0 aliphatic carbocycles. The molecule has 94 valence electrons. The highest BCUT2D eigenvalue weighted by Crippen LogP contribution is 2.13. The van der Waals surface area contributed by atoms with Gasteiger partial charge in [-0.2, -0.15) is 0 Å². The molecule has 0 atom stereocenters. The molecule has 0 amide bonds. The number of aromatic carboxylic acids is 1. The van der Waals surface area contributed by atoms with E-state index in [4.69, 9.17) is 5.11 Å². The molecule has 2 rings (SSSR count). The zero-order chi connectivity index (χ0) is 13.0. The van der Waals surface area contributed by atoms with E-state index in [1.807, 2.05) is 19.2 Å². The third-order valence-corrected chi connectivity index (χ3v) is 3.36. The minimum Gasteiger partial charge on any atom is -0.477 e. The summed E-state index contributed by atoms with van der Waals surface area (Å²) in [4.78, 5) is 18.1. The van der Waals surface area contributed by atoms with Gasteiger partial charge in [-0.1, -0.05) is 6.07 Å². The van der Waals surface area contributed by atoms with Crippen molar-refractivity contribution in [2.45, 2.75) is 13.1 Å². The highest BCUT2D eigenvalue weighted by Gasteiger charge is 2.07. The van der Waals surface area contributed by atoms with Crippen LogP contribution in [0, 0.1) is 0 Å². The second-order valence-corrected chi connectivity index (χ2v) is 5.14. The molecule has 0 aliphatic rings. The van der Waals surface area contributed by atoms with Crippen molar-refractivity contribution in [1.82, 2.24) is 9.88 Å². The Morgan fingerprint density at radius 2 is 2.28 bits per heavy atom. The fourth-order valence-electron chi connectivity index (χ4n) is 1.73. The van der Waals surface area contributed by atoms with Crippen molar-refractivity contribution in [2.24, 2.45) is 0 Å². The van der Waals surface area contributed by atoms with E-state index in [0.717, 1.165) is 12.1 Å². The number of nitrogens with zero attached hydrogens (tertiary/aromatic N) is 2. The summed E-state index contributed by atoms with van der Waals surface area (Å²) >= 11 is 1.72. The van der Waals surface area contributed by atoms with E-state index in [-0.39, 0.29) is 5.69 Å². The zero-order valence-electron chi connectivity index (χ0n) is 10.0.